The minimum absolute atomic E-state index is 0.290. The zero-order valence-corrected chi connectivity index (χ0v) is 9.86. The van der Waals surface area contributed by atoms with Crippen LogP contribution in [-0.4, -0.2) is 30.8 Å². The van der Waals surface area contributed by atoms with Crippen molar-refractivity contribution in [1.29, 1.82) is 0 Å². The van der Waals surface area contributed by atoms with Gasteiger partial charge in [0.2, 0.25) is 0 Å². The highest BCUT2D eigenvalue weighted by atomic mass is 19.4. The number of nitrogens with zero attached hydrogens (tertiary/aromatic N) is 1. The van der Waals surface area contributed by atoms with Crippen molar-refractivity contribution in [3.63, 3.8) is 0 Å². The first-order valence-corrected chi connectivity index (χ1v) is 4.91. The molecule has 0 aliphatic heterocycles. The Morgan fingerprint density at radius 1 is 1.40 bits per heavy atom. The van der Waals surface area contributed by atoms with Gasteiger partial charge in [-0.05, 0) is 0 Å². The second-order valence-corrected chi connectivity index (χ2v) is 3.45. The number of nitro benzene ring substituents is 1. The molecule has 0 aromatic heterocycles. The smallest absolute Gasteiger partial charge is 0.422 e. The van der Waals surface area contributed by atoms with Crippen LogP contribution >= 0.6 is 0 Å². The number of hydrogen-bond acceptors (Lipinski definition) is 5. The third-order valence-electron chi connectivity index (χ3n) is 2.04. The van der Waals surface area contributed by atoms with E-state index in [0.717, 1.165) is 7.11 Å². The van der Waals surface area contributed by atoms with Crippen molar-refractivity contribution in [2.24, 2.45) is 0 Å². The first-order chi connectivity index (χ1) is 9.15. The Morgan fingerprint density at radius 2 is 2.00 bits per heavy atom. The number of hydrogen-bond donors (Lipinski definition) is 0. The predicted molar refractivity (Wildman–Crippen MR) is 55.9 cm³/mol. The molecule has 1 rings (SSSR count). The average Bonchev–Trinajstić information content (AvgIpc) is 2.34. The maximum Gasteiger partial charge on any atom is 0.422 e. The quantitative estimate of drug-likeness (QED) is 0.369. The Balaban J connectivity index is 3.23. The number of esters is 1. The molecule has 0 N–H and O–H groups in total. The van der Waals surface area contributed by atoms with Gasteiger partial charge in [-0.1, -0.05) is 0 Å². The number of nitro groups is 1. The minimum atomic E-state index is -4.74. The monoisotopic (exact) mass is 297 g/mol. The second kappa shape index (κ2) is 5.72. The fourth-order valence-corrected chi connectivity index (χ4v) is 1.23. The third kappa shape index (κ3) is 3.80. The lowest BCUT2D eigenvalue weighted by atomic mass is 10.1. The van der Waals surface area contributed by atoms with Gasteiger partial charge in [0.1, 0.15) is 5.82 Å². The molecule has 0 unspecified atom stereocenters. The molecule has 1 aromatic carbocycles. The van der Waals surface area contributed by atoms with E-state index in [9.17, 15) is 32.5 Å². The van der Waals surface area contributed by atoms with Crippen LogP contribution in [0.3, 0.4) is 0 Å². The maximum atomic E-state index is 13.4. The molecule has 6 nitrogen and oxygen atoms in total. The van der Waals surface area contributed by atoms with Crippen molar-refractivity contribution >= 4 is 11.7 Å². The van der Waals surface area contributed by atoms with E-state index in [1.807, 2.05) is 0 Å². The first kappa shape index (κ1) is 15.7. The summed E-state index contributed by atoms with van der Waals surface area (Å²) in [6.07, 6.45) is -4.74. The Hall–Kier alpha value is -2.39. The van der Waals surface area contributed by atoms with Gasteiger partial charge in [-0.3, -0.25) is 10.1 Å². The van der Waals surface area contributed by atoms with Crippen molar-refractivity contribution in [2.75, 3.05) is 13.7 Å². The van der Waals surface area contributed by atoms with Crippen molar-refractivity contribution in [2.45, 2.75) is 6.18 Å². The zero-order chi connectivity index (χ0) is 15.5. The summed E-state index contributed by atoms with van der Waals surface area (Å²) in [5.74, 6) is -3.38. The van der Waals surface area contributed by atoms with Crippen molar-refractivity contribution in [3.8, 4) is 5.75 Å². The van der Waals surface area contributed by atoms with Gasteiger partial charge in [0.15, 0.2) is 12.4 Å². The Labute approximate surface area is 109 Å². The average molecular weight is 297 g/mol. The molecule has 0 aliphatic rings. The Kier molecular flexibility index (Phi) is 4.48. The highest BCUT2D eigenvalue weighted by Crippen LogP contribution is 2.31. The SMILES string of the molecule is COC(=O)c1cc(OCC(F)(F)F)c([N+](=O)[O-])cc1F. The van der Waals surface area contributed by atoms with E-state index >= 15 is 0 Å². The molecule has 110 valence electrons. The fourth-order valence-electron chi connectivity index (χ4n) is 1.23. The molecular weight excluding hydrogens is 290 g/mol. The molecule has 0 spiro atoms. The molecule has 0 saturated carbocycles. The summed E-state index contributed by atoms with van der Waals surface area (Å²) in [5.41, 5.74) is -1.80. The van der Waals surface area contributed by atoms with E-state index in [2.05, 4.69) is 9.47 Å². The van der Waals surface area contributed by atoms with Crippen LogP contribution in [0.4, 0.5) is 23.2 Å². The largest absolute Gasteiger partial charge is 0.477 e. The fraction of sp³-hybridized carbons (Fsp3) is 0.300. The van der Waals surface area contributed by atoms with E-state index in [0.29, 0.717) is 6.07 Å². The molecule has 0 heterocycles. The molecule has 0 fully saturated rings. The van der Waals surface area contributed by atoms with Crippen LogP contribution in [0, 0.1) is 15.9 Å². The molecule has 0 aliphatic carbocycles. The lowest BCUT2D eigenvalue weighted by Crippen LogP contribution is -2.20. The van der Waals surface area contributed by atoms with Gasteiger partial charge in [-0.25, -0.2) is 9.18 Å². The van der Waals surface area contributed by atoms with Crippen LogP contribution in [0.25, 0.3) is 0 Å². The van der Waals surface area contributed by atoms with E-state index in [1.54, 1.807) is 0 Å². The minimum Gasteiger partial charge on any atom is -0.477 e. The van der Waals surface area contributed by atoms with Crippen LogP contribution in [0.1, 0.15) is 10.4 Å². The highest BCUT2D eigenvalue weighted by Gasteiger charge is 2.31. The molecule has 20 heavy (non-hydrogen) atoms. The lowest BCUT2D eigenvalue weighted by Gasteiger charge is -2.10. The lowest BCUT2D eigenvalue weighted by molar-refractivity contribution is -0.386. The van der Waals surface area contributed by atoms with E-state index in [4.69, 9.17) is 0 Å². The summed E-state index contributed by atoms with van der Waals surface area (Å²) in [7, 11) is 0.916. The third-order valence-corrected chi connectivity index (χ3v) is 2.04. The maximum absolute atomic E-state index is 13.4. The van der Waals surface area contributed by atoms with Crippen LogP contribution in [0.2, 0.25) is 0 Å². The summed E-state index contributed by atoms with van der Waals surface area (Å²) in [5, 5.41) is 10.6. The molecule has 0 saturated heterocycles. The topological polar surface area (TPSA) is 78.7 Å². The second-order valence-electron chi connectivity index (χ2n) is 3.45. The number of benzene rings is 1. The van der Waals surface area contributed by atoms with Gasteiger partial charge in [0.05, 0.1) is 23.7 Å². The van der Waals surface area contributed by atoms with Crippen LogP contribution in [0.5, 0.6) is 5.75 Å². The summed E-state index contributed by atoms with van der Waals surface area (Å²) < 4.78 is 57.9. The number of carbonyl (C=O) groups is 1. The van der Waals surface area contributed by atoms with Crippen molar-refractivity contribution < 1.29 is 36.8 Å². The Morgan fingerprint density at radius 3 is 2.45 bits per heavy atom. The number of methoxy groups -OCH3 is 1. The van der Waals surface area contributed by atoms with Gasteiger partial charge in [0.25, 0.3) is 0 Å². The van der Waals surface area contributed by atoms with E-state index in [-0.39, 0.29) is 6.07 Å². The normalized spacial score (nSPS) is 11.1. The van der Waals surface area contributed by atoms with E-state index in [1.165, 1.54) is 0 Å². The van der Waals surface area contributed by atoms with Crippen molar-refractivity contribution in [1.82, 2.24) is 0 Å². The number of halogens is 4. The molecule has 0 radical (unpaired) electrons. The predicted octanol–water partition coefficient (Wildman–Crippen LogP) is 2.46. The summed E-state index contributed by atoms with van der Waals surface area (Å²) >= 11 is 0. The van der Waals surface area contributed by atoms with Crippen LogP contribution < -0.4 is 4.74 Å². The molecule has 10 heteroatoms. The molecule has 0 atom stereocenters. The summed E-state index contributed by atoms with van der Waals surface area (Å²) in [4.78, 5) is 20.6. The number of alkyl halides is 3. The molecule has 1 aromatic rings. The highest BCUT2D eigenvalue weighted by molar-refractivity contribution is 5.90. The first-order valence-electron chi connectivity index (χ1n) is 4.91. The summed E-state index contributed by atoms with van der Waals surface area (Å²) in [6.45, 7) is -1.82. The van der Waals surface area contributed by atoms with Gasteiger partial charge in [-0.15, -0.1) is 0 Å². The zero-order valence-electron chi connectivity index (χ0n) is 9.86. The number of rotatable bonds is 4. The molecule has 0 amide bonds. The molecular formula is C10H7F4NO5. The van der Waals surface area contributed by atoms with Gasteiger partial charge >= 0.3 is 17.8 Å². The summed E-state index contributed by atoms with van der Waals surface area (Å²) in [6, 6.07) is 0.781. The van der Waals surface area contributed by atoms with Crippen LogP contribution in [-0.2, 0) is 4.74 Å². The van der Waals surface area contributed by atoms with Gasteiger partial charge in [0, 0.05) is 6.07 Å². The van der Waals surface area contributed by atoms with Gasteiger partial charge < -0.3 is 9.47 Å². The number of ether oxygens (including phenoxy) is 2. The van der Waals surface area contributed by atoms with Gasteiger partial charge in [-0.2, -0.15) is 13.2 Å². The molecule has 0 bridgehead atoms. The number of carbonyl (C=O) groups excluding carboxylic acids is 1. The van der Waals surface area contributed by atoms with E-state index < -0.39 is 46.5 Å². The Bertz CT molecular complexity index is 543. The standard InChI is InChI=1S/C10H7F4NO5/c1-19-9(16)5-2-8(20-4-10(12,13)14)7(15(17)18)3-6(5)11/h2-3H,4H2,1H3. The van der Waals surface area contributed by atoms with Crippen LogP contribution in [0.15, 0.2) is 12.1 Å². The van der Waals surface area contributed by atoms with Crippen molar-refractivity contribution in [3.05, 3.63) is 33.6 Å².